The highest BCUT2D eigenvalue weighted by Gasteiger charge is 2.34. The molecule has 0 atom stereocenters. The average molecular weight is 421 g/mol. The van der Waals surface area contributed by atoms with E-state index in [-0.39, 0.29) is 11.3 Å². The molecule has 0 bridgehead atoms. The largest absolute Gasteiger partial charge is 0.497 e. The van der Waals surface area contributed by atoms with Crippen molar-refractivity contribution in [2.75, 3.05) is 12.4 Å². The van der Waals surface area contributed by atoms with Crippen molar-refractivity contribution < 1.29 is 22.7 Å². The van der Waals surface area contributed by atoms with E-state index in [0.29, 0.717) is 9.32 Å². The highest BCUT2D eigenvalue weighted by molar-refractivity contribution is 14.1. The second-order valence-electron chi connectivity index (χ2n) is 4.37. The lowest BCUT2D eigenvalue weighted by Gasteiger charge is -2.14. The highest BCUT2D eigenvalue weighted by Crippen LogP contribution is 2.35. The van der Waals surface area contributed by atoms with Gasteiger partial charge in [0.1, 0.15) is 5.75 Å². The lowest BCUT2D eigenvalue weighted by molar-refractivity contribution is -0.136. The Morgan fingerprint density at radius 1 is 1.18 bits per heavy atom. The van der Waals surface area contributed by atoms with Crippen LogP contribution in [0.1, 0.15) is 15.9 Å². The summed E-state index contributed by atoms with van der Waals surface area (Å²) in [4.78, 5) is 12.1. The van der Waals surface area contributed by atoms with Crippen molar-refractivity contribution in [1.29, 1.82) is 0 Å². The summed E-state index contributed by atoms with van der Waals surface area (Å²) in [5.41, 5.74) is -0.942. The standard InChI is InChI=1S/C15H11F3INO2/c1-22-11-4-2-3-9(7-11)14(21)20-13-8-10(19)5-6-12(13)15(16,17)18/h2-8H,1H3,(H,20,21). The second kappa shape index (κ2) is 6.55. The molecule has 22 heavy (non-hydrogen) atoms. The predicted molar refractivity (Wildman–Crippen MR) is 85.1 cm³/mol. The van der Waals surface area contributed by atoms with Crippen molar-refractivity contribution in [2.45, 2.75) is 6.18 Å². The molecule has 0 radical (unpaired) electrons. The van der Waals surface area contributed by atoms with E-state index in [1.54, 1.807) is 12.1 Å². The number of benzene rings is 2. The molecule has 0 aliphatic heterocycles. The van der Waals surface area contributed by atoms with Crippen LogP contribution in [0.2, 0.25) is 0 Å². The smallest absolute Gasteiger partial charge is 0.418 e. The molecule has 0 aliphatic carbocycles. The van der Waals surface area contributed by atoms with Crippen LogP contribution in [-0.4, -0.2) is 13.0 Å². The van der Waals surface area contributed by atoms with Crippen molar-refractivity contribution in [1.82, 2.24) is 0 Å². The van der Waals surface area contributed by atoms with E-state index in [1.165, 1.54) is 31.4 Å². The summed E-state index contributed by atoms with van der Waals surface area (Å²) >= 11 is 1.88. The number of amides is 1. The Kier molecular flexibility index (Phi) is 4.94. The summed E-state index contributed by atoms with van der Waals surface area (Å²) in [6, 6.07) is 9.75. The highest BCUT2D eigenvalue weighted by atomic mass is 127. The van der Waals surface area contributed by atoms with Crippen LogP contribution in [0.25, 0.3) is 0 Å². The second-order valence-corrected chi connectivity index (χ2v) is 5.62. The van der Waals surface area contributed by atoms with Crippen LogP contribution in [-0.2, 0) is 6.18 Å². The van der Waals surface area contributed by atoms with E-state index in [1.807, 2.05) is 22.6 Å². The monoisotopic (exact) mass is 421 g/mol. The topological polar surface area (TPSA) is 38.3 Å². The third kappa shape index (κ3) is 3.90. The normalized spacial score (nSPS) is 11.1. The molecule has 7 heteroatoms. The number of hydrogen-bond acceptors (Lipinski definition) is 2. The molecule has 3 nitrogen and oxygen atoms in total. The van der Waals surface area contributed by atoms with Gasteiger partial charge in [-0.15, -0.1) is 0 Å². The molecule has 0 unspecified atom stereocenters. The molecular weight excluding hydrogens is 410 g/mol. The number of carbonyl (C=O) groups excluding carboxylic acids is 1. The molecule has 0 heterocycles. The van der Waals surface area contributed by atoms with Gasteiger partial charge in [-0.3, -0.25) is 4.79 Å². The number of rotatable bonds is 3. The minimum Gasteiger partial charge on any atom is -0.497 e. The number of methoxy groups -OCH3 is 1. The van der Waals surface area contributed by atoms with Crippen molar-refractivity contribution in [3.05, 3.63) is 57.2 Å². The lowest BCUT2D eigenvalue weighted by Crippen LogP contribution is -2.17. The van der Waals surface area contributed by atoms with Gasteiger partial charge in [0.15, 0.2) is 0 Å². The molecule has 2 aromatic rings. The first-order chi connectivity index (χ1) is 10.3. The molecule has 2 rings (SSSR count). The van der Waals surface area contributed by atoms with Crippen LogP contribution < -0.4 is 10.1 Å². The maximum atomic E-state index is 13.0. The van der Waals surface area contributed by atoms with Crippen molar-refractivity contribution >= 4 is 34.2 Å². The SMILES string of the molecule is COc1cccc(C(=O)Nc2cc(I)ccc2C(F)(F)F)c1. The van der Waals surface area contributed by atoms with Gasteiger partial charge in [-0.1, -0.05) is 6.07 Å². The predicted octanol–water partition coefficient (Wildman–Crippen LogP) is 4.57. The molecule has 0 aromatic heterocycles. The van der Waals surface area contributed by atoms with Gasteiger partial charge < -0.3 is 10.1 Å². The van der Waals surface area contributed by atoms with Crippen LogP contribution in [0.15, 0.2) is 42.5 Å². The van der Waals surface area contributed by atoms with Gasteiger partial charge in [0.2, 0.25) is 0 Å². The molecule has 0 fully saturated rings. The van der Waals surface area contributed by atoms with Crippen molar-refractivity contribution in [3.63, 3.8) is 0 Å². The van der Waals surface area contributed by atoms with Crippen LogP contribution >= 0.6 is 22.6 Å². The molecule has 1 amide bonds. The Balaban J connectivity index is 2.33. The maximum absolute atomic E-state index is 13.0. The minimum absolute atomic E-state index is 0.214. The van der Waals surface area contributed by atoms with E-state index in [0.717, 1.165) is 6.07 Å². The first kappa shape index (κ1) is 16.6. The Morgan fingerprint density at radius 2 is 1.91 bits per heavy atom. The Labute approximate surface area is 138 Å². The molecule has 0 saturated heterocycles. The molecule has 0 spiro atoms. The van der Waals surface area contributed by atoms with Crippen molar-refractivity contribution in [3.8, 4) is 5.75 Å². The van der Waals surface area contributed by atoms with Gasteiger partial charge in [0, 0.05) is 9.13 Å². The number of alkyl halides is 3. The van der Waals surface area contributed by atoms with E-state index in [2.05, 4.69) is 5.32 Å². The van der Waals surface area contributed by atoms with E-state index in [9.17, 15) is 18.0 Å². The van der Waals surface area contributed by atoms with Crippen LogP contribution in [0, 0.1) is 3.57 Å². The summed E-state index contributed by atoms with van der Waals surface area (Å²) in [6.07, 6.45) is -4.54. The van der Waals surface area contributed by atoms with Crippen LogP contribution in [0.4, 0.5) is 18.9 Å². The first-order valence-corrected chi connectivity index (χ1v) is 7.21. The average Bonchev–Trinajstić information content (AvgIpc) is 2.46. The fraction of sp³-hybridized carbons (Fsp3) is 0.133. The van der Waals surface area contributed by atoms with Crippen LogP contribution in [0.5, 0.6) is 5.75 Å². The third-order valence-electron chi connectivity index (χ3n) is 2.87. The third-order valence-corrected chi connectivity index (χ3v) is 3.54. The number of ether oxygens (including phenoxy) is 1. The zero-order valence-corrected chi connectivity index (χ0v) is 13.5. The van der Waals surface area contributed by atoms with Gasteiger partial charge in [-0.2, -0.15) is 13.2 Å². The minimum atomic E-state index is -4.54. The van der Waals surface area contributed by atoms with E-state index >= 15 is 0 Å². The van der Waals surface area contributed by atoms with Gasteiger partial charge in [0.05, 0.1) is 18.4 Å². The Morgan fingerprint density at radius 3 is 2.55 bits per heavy atom. The molecule has 2 aromatic carbocycles. The van der Waals surface area contributed by atoms with Gasteiger partial charge in [-0.05, 0) is 59.0 Å². The molecule has 1 N–H and O–H groups in total. The number of anilines is 1. The summed E-state index contributed by atoms with van der Waals surface area (Å²) in [6.45, 7) is 0. The fourth-order valence-corrected chi connectivity index (χ4v) is 2.32. The van der Waals surface area contributed by atoms with Crippen LogP contribution in [0.3, 0.4) is 0 Å². The number of carbonyl (C=O) groups is 1. The summed E-state index contributed by atoms with van der Waals surface area (Å²) in [5, 5.41) is 2.31. The van der Waals surface area contributed by atoms with Gasteiger partial charge in [-0.25, -0.2) is 0 Å². The number of nitrogens with one attached hydrogen (secondary N) is 1. The van der Waals surface area contributed by atoms with E-state index in [4.69, 9.17) is 4.74 Å². The molecular formula is C15H11F3INO2. The maximum Gasteiger partial charge on any atom is 0.418 e. The van der Waals surface area contributed by atoms with Gasteiger partial charge in [0.25, 0.3) is 5.91 Å². The lowest BCUT2D eigenvalue weighted by atomic mass is 10.1. The molecule has 0 aliphatic rings. The quantitative estimate of drug-likeness (QED) is 0.738. The first-order valence-electron chi connectivity index (χ1n) is 6.13. The van der Waals surface area contributed by atoms with Crippen molar-refractivity contribution in [2.24, 2.45) is 0 Å². The molecule has 0 saturated carbocycles. The Bertz CT molecular complexity index is 701. The Hall–Kier alpha value is -1.77. The summed E-state index contributed by atoms with van der Waals surface area (Å²) in [7, 11) is 1.44. The number of hydrogen-bond donors (Lipinski definition) is 1. The zero-order valence-electron chi connectivity index (χ0n) is 11.4. The number of halogens is 4. The zero-order chi connectivity index (χ0) is 16.3. The summed E-state index contributed by atoms with van der Waals surface area (Å²) in [5.74, 6) is -0.183. The van der Waals surface area contributed by atoms with Gasteiger partial charge >= 0.3 is 6.18 Å². The van der Waals surface area contributed by atoms with E-state index < -0.39 is 17.6 Å². The summed E-state index contributed by atoms with van der Waals surface area (Å²) < 4.78 is 44.5. The molecule has 116 valence electrons. The fourth-order valence-electron chi connectivity index (χ4n) is 1.83.